The van der Waals surface area contributed by atoms with Crippen molar-refractivity contribution in [1.29, 1.82) is 0 Å². The number of nitrogens with two attached hydrogens (primary N) is 1. The molecule has 9 nitrogen and oxygen atoms in total. The van der Waals surface area contributed by atoms with Crippen LogP contribution in [0.15, 0.2) is 109 Å². The van der Waals surface area contributed by atoms with E-state index in [4.69, 9.17) is 15.2 Å². The van der Waals surface area contributed by atoms with Crippen LogP contribution in [0.5, 0.6) is 5.75 Å². The highest BCUT2D eigenvalue weighted by molar-refractivity contribution is 6.11. The first-order chi connectivity index (χ1) is 21.5. The van der Waals surface area contributed by atoms with Crippen molar-refractivity contribution in [3.8, 4) is 5.75 Å². The van der Waals surface area contributed by atoms with Gasteiger partial charge in [0, 0.05) is 5.69 Å². The normalized spacial score (nSPS) is 27.3. The van der Waals surface area contributed by atoms with Crippen LogP contribution in [0.3, 0.4) is 0 Å². The summed E-state index contributed by atoms with van der Waals surface area (Å²) < 4.78 is 12.0. The van der Waals surface area contributed by atoms with Crippen molar-refractivity contribution in [1.82, 2.24) is 4.90 Å². The minimum Gasteiger partial charge on any atom is -0.491 e. The van der Waals surface area contributed by atoms with Crippen LogP contribution in [0.4, 0.5) is 5.69 Å². The van der Waals surface area contributed by atoms with Gasteiger partial charge in [0.2, 0.25) is 11.8 Å². The van der Waals surface area contributed by atoms with Crippen molar-refractivity contribution in [3.63, 3.8) is 0 Å². The molecule has 7 rings (SSSR count). The van der Waals surface area contributed by atoms with E-state index in [-0.39, 0.29) is 13.2 Å². The molecule has 1 spiro atoms. The zero-order chi connectivity index (χ0) is 30.4. The maximum absolute atomic E-state index is 14.5. The summed E-state index contributed by atoms with van der Waals surface area (Å²) in [6.07, 6.45) is -0.748. The van der Waals surface area contributed by atoms with Gasteiger partial charge in [-0.2, -0.15) is 0 Å². The van der Waals surface area contributed by atoms with E-state index < -0.39 is 53.3 Å². The largest absolute Gasteiger partial charge is 0.491 e. The first-order valence-corrected chi connectivity index (χ1v) is 14.6. The van der Waals surface area contributed by atoms with Crippen molar-refractivity contribution < 1.29 is 29.0 Å². The number of aliphatic hydroxyl groups is 1. The first kappa shape index (κ1) is 27.8. The number of anilines is 1. The Morgan fingerprint density at radius 1 is 0.864 bits per heavy atom. The molecule has 3 aliphatic heterocycles. The Bertz CT molecular complexity index is 1730. The molecule has 44 heavy (non-hydrogen) atoms. The molecule has 4 N–H and O–H groups in total. The predicted octanol–water partition coefficient (Wildman–Crippen LogP) is 3.81. The maximum Gasteiger partial charge on any atom is 0.324 e. The summed E-state index contributed by atoms with van der Waals surface area (Å²) in [6.45, 7) is -0.0973. The van der Waals surface area contributed by atoms with Gasteiger partial charge >= 0.3 is 5.97 Å². The number of aliphatic hydroxyl groups excluding tert-OH is 1. The molecule has 0 saturated carbocycles. The molecule has 222 valence electrons. The Hall–Kier alpha value is -4.99. The molecule has 0 aromatic heterocycles. The summed E-state index contributed by atoms with van der Waals surface area (Å²) in [5.41, 5.74) is 8.07. The Morgan fingerprint density at radius 2 is 1.52 bits per heavy atom. The second kappa shape index (κ2) is 10.9. The topological polar surface area (TPSA) is 131 Å². The maximum atomic E-state index is 14.5. The molecule has 0 unspecified atom stereocenters. The van der Waals surface area contributed by atoms with Crippen LogP contribution in [0.25, 0.3) is 0 Å². The van der Waals surface area contributed by atoms with Gasteiger partial charge in [0.15, 0.2) is 0 Å². The lowest BCUT2D eigenvalue weighted by Gasteiger charge is -2.46. The molecule has 0 aliphatic carbocycles. The van der Waals surface area contributed by atoms with E-state index in [1.54, 1.807) is 24.3 Å². The molecule has 9 heteroatoms. The average Bonchev–Trinajstić information content (AvgIpc) is 3.53. The Morgan fingerprint density at radius 3 is 2.23 bits per heavy atom. The summed E-state index contributed by atoms with van der Waals surface area (Å²) >= 11 is 0. The number of carbonyl (C=O) groups excluding carboxylic acids is 3. The lowest BCUT2D eigenvalue weighted by Crippen LogP contribution is -2.53. The standard InChI is InChI=1S/C35H31N3O6/c36-32(40)27-29-33(41)44-30(22-12-5-2-6-13-22)28(21-10-3-1-4-11-21)38(29)31(23-14-9-15-24(20-23)43-19-18-39)35(27)25-16-7-8-17-26(25)37-34(35)42/h1-17,20,27-31,39H,18-19H2,(H2,36,40)(H,37,42)/t27-,28-,29-,30+,31+,35-/m0/s1. The predicted molar refractivity (Wildman–Crippen MR) is 161 cm³/mol. The van der Waals surface area contributed by atoms with Crippen LogP contribution in [-0.4, -0.2) is 47.0 Å². The fraction of sp³-hybridized carbons (Fsp3) is 0.229. The number of ether oxygens (including phenoxy) is 2. The second-order valence-corrected chi connectivity index (χ2v) is 11.3. The molecule has 4 aromatic rings. The monoisotopic (exact) mass is 589 g/mol. The molecular formula is C35H31N3O6. The molecule has 0 radical (unpaired) electrons. The number of fused-ring (bicyclic) bond motifs is 3. The van der Waals surface area contributed by atoms with E-state index in [1.807, 2.05) is 89.8 Å². The van der Waals surface area contributed by atoms with Crippen molar-refractivity contribution >= 4 is 23.5 Å². The molecule has 3 aliphatic rings. The Labute approximate surface area is 254 Å². The second-order valence-electron chi connectivity index (χ2n) is 11.3. The van der Waals surface area contributed by atoms with E-state index in [0.29, 0.717) is 22.6 Å². The number of rotatable bonds is 7. The highest BCUT2D eigenvalue weighted by Crippen LogP contribution is 2.64. The number of carbonyl (C=O) groups is 3. The SMILES string of the molecule is NC(=O)[C@@H]1[C@H]2C(=O)O[C@H](c3ccccc3)[C@H](c3ccccc3)N2[C@H](c2cccc(OCCO)c2)[C@@]12C(=O)Nc1ccccc12. The highest BCUT2D eigenvalue weighted by Gasteiger charge is 2.73. The molecule has 6 atom stereocenters. The van der Waals surface area contributed by atoms with Gasteiger partial charge in [-0.1, -0.05) is 91.0 Å². The molecule has 2 fully saturated rings. The third-order valence-electron chi connectivity index (χ3n) is 9.06. The van der Waals surface area contributed by atoms with E-state index >= 15 is 0 Å². The number of amides is 2. The fourth-order valence-electron chi connectivity index (χ4n) is 7.52. The zero-order valence-electron chi connectivity index (χ0n) is 23.7. The minimum absolute atomic E-state index is 0.0773. The van der Waals surface area contributed by atoms with Crippen LogP contribution in [0, 0.1) is 5.92 Å². The van der Waals surface area contributed by atoms with Crippen molar-refractivity contribution in [2.45, 2.75) is 29.6 Å². The number of nitrogens with zero attached hydrogens (tertiary/aromatic N) is 1. The first-order valence-electron chi connectivity index (χ1n) is 14.6. The number of benzene rings is 4. The summed E-state index contributed by atoms with van der Waals surface area (Å²) in [6, 6.07) is 31.0. The van der Waals surface area contributed by atoms with Gasteiger partial charge in [-0.25, -0.2) is 0 Å². The third-order valence-corrected chi connectivity index (χ3v) is 9.06. The van der Waals surface area contributed by atoms with E-state index in [1.165, 1.54) is 0 Å². The van der Waals surface area contributed by atoms with E-state index in [2.05, 4.69) is 5.32 Å². The summed E-state index contributed by atoms with van der Waals surface area (Å²) in [4.78, 5) is 44.4. The molecular weight excluding hydrogens is 558 g/mol. The van der Waals surface area contributed by atoms with Crippen LogP contribution in [-0.2, 0) is 24.5 Å². The lowest BCUT2D eigenvalue weighted by atomic mass is 9.65. The number of morpholine rings is 1. The molecule has 4 aromatic carbocycles. The van der Waals surface area contributed by atoms with Crippen LogP contribution in [0.1, 0.15) is 40.4 Å². The number of hydrogen-bond donors (Lipinski definition) is 3. The molecule has 0 bridgehead atoms. The summed E-state index contributed by atoms with van der Waals surface area (Å²) in [5.74, 6) is -2.59. The van der Waals surface area contributed by atoms with Crippen molar-refractivity contribution in [3.05, 3.63) is 131 Å². The van der Waals surface area contributed by atoms with Crippen LogP contribution in [0.2, 0.25) is 0 Å². The number of para-hydroxylation sites is 1. The molecule has 2 amide bonds. The third kappa shape index (κ3) is 4.11. The number of nitrogens with one attached hydrogen (secondary N) is 1. The Kier molecular flexibility index (Phi) is 6.91. The van der Waals surface area contributed by atoms with E-state index in [9.17, 15) is 19.5 Å². The average molecular weight is 590 g/mol. The van der Waals surface area contributed by atoms with Crippen molar-refractivity contribution in [2.75, 3.05) is 18.5 Å². The Balaban J connectivity index is 1.54. The smallest absolute Gasteiger partial charge is 0.324 e. The van der Waals surface area contributed by atoms with Gasteiger partial charge in [-0.05, 0) is 40.5 Å². The summed E-state index contributed by atoms with van der Waals surface area (Å²) in [7, 11) is 0. The van der Waals surface area contributed by atoms with Gasteiger partial charge in [-0.15, -0.1) is 0 Å². The van der Waals surface area contributed by atoms with Crippen LogP contribution < -0.4 is 15.8 Å². The number of esters is 1. The highest BCUT2D eigenvalue weighted by atomic mass is 16.6. The van der Waals surface area contributed by atoms with Gasteiger partial charge in [0.05, 0.1) is 24.6 Å². The lowest BCUT2D eigenvalue weighted by molar-refractivity contribution is -0.178. The van der Waals surface area contributed by atoms with Gasteiger partial charge < -0.3 is 25.6 Å². The summed E-state index contributed by atoms with van der Waals surface area (Å²) in [5, 5.41) is 12.4. The zero-order valence-corrected chi connectivity index (χ0v) is 23.7. The quantitative estimate of drug-likeness (QED) is 0.280. The number of cyclic esters (lactones) is 1. The minimum atomic E-state index is -1.57. The van der Waals surface area contributed by atoms with E-state index in [0.717, 1.165) is 11.1 Å². The van der Waals surface area contributed by atoms with Gasteiger partial charge in [0.1, 0.15) is 29.9 Å². The fourth-order valence-corrected chi connectivity index (χ4v) is 7.52. The number of hydrogen-bond acceptors (Lipinski definition) is 7. The van der Waals surface area contributed by atoms with Crippen LogP contribution >= 0.6 is 0 Å². The van der Waals surface area contributed by atoms with Gasteiger partial charge in [-0.3, -0.25) is 19.3 Å². The van der Waals surface area contributed by atoms with Crippen molar-refractivity contribution in [2.24, 2.45) is 11.7 Å². The molecule has 3 heterocycles. The molecule has 2 saturated heterocycles. The number of primary amides is 1. The van der Waals surface area contributed by atoms with Gasteiger partial charge in [0.25, 0.3) is 0 Å².